The van der Waals surface area contributed by atoms with E-state index < -0.39 is 0 Å². The van der Waals surface area contributed by atoms with Crippen LogP contribution in [0.15, 0.2) is 24.4 Å². The summed E-state index contributed by atoms with van der Waals surface area (Å²) < 4.78 is 0.722. The van der Waals surface area contributed by atoms with E-state index in [1.54, 1.807) is 29.7 Å². The predicted octanol–water partition coefficient (Wildman–Crippen LogP) is 2.69. The number of benzene rings is 1. The highest BCUT2D eigenvalue weighted by atomic mass is 127. The number of aromatic nitrogens is 1. The number of phenolic OH excluding ortho intramolecular Hbond substituents is 1. The van der Waals surface area contributed by atoms with E-state index in [1.165, 1.54) is 6.07 Å². The summed E-state index contributed by atoms with van der Waals surface area (Å²) in [5.74, 6) is -0.0945. The molecule has 1 aromatic carbocycles. The summed E-state index contributed by atoms with van der Waals surface area (Å²) >= 11 is 3.56. The SMILES string of the molecule is Cc1cnc(CNC(=O)c2ccc(I)c(O)c2)s1. The van der Waals surface area contributed by atoms with Crippen LogP contribution in [-0.2, 0) is 6.54 Å². The summed E-state index contributed by atoms with van der Waals surface area (Å²) in [6.07, 6.45) is 1.78. The molecule has 0 saturated heterocycles. The summed E-state index contributed by atoms with van der Waals surface area (Å²) in [5.41, 5.74) is 0.446. The van der Waals surface area contributed by atoms with Gasteiger partial charge in [0.1, 0.15) is 10.8 Å². The molecule has 1 amide bonds. The summed E-state index contributed by atoms with van der Waals surface area (Å²) in [6, 6.07) is 4.85. The quantitative estimate of drug-likeness (QED) is 0.813. The van der Waals surface area contributed by atoms with E-state index in [9.17, 15) is 9.90 Å². The van der Waals surface area contributed by atoms with Crippen molar-refractivity contribution in [1.82, 2.24) is 10.3 Å². The second-order valence-corrected chi connectivity index (χ2v) is 6.20. The van der Waals surface area contributed by atoms with Crippen molar-refractivity contribution < 1.29 is 9.90 Å². The molecular weight excluding hydrogens is 363 g/mol. The topological polar surface area (TPSA) is 62.2 Å². The fourth-order valence-corrected chi connectivity index (χ4v) is 2.46. The van der Waals surface area contributed by atoms with Gasteiger partial charge < -0.3 is 10.4 Å². The van der Waals surface area contributed by atoms with Crippen molar-refractivity contribution in [2.75, 3.05) is 0 Å². The molecule has 0 bridgehead atoms. The van der Waals surface area contributed by atoms with Gasteiger partial charge in [-0.3, -0.25) is 4.79 Å². The van der Waals surface area contributed by atoms with Crippen LogP contribution in [0.4, 0.5) is 0 Å². The first-order valence-electron chi connectivity index (χ1n) is 5.24. The summed E-state index contributed by atoms with van der Waals surface area (Å²) in [5, 5.41) is 13.2. The van der Waals surface area contributed by atoms with Crippen molar-refractivity contribution in [3.05, 3.63) is 43.4 Å². The molecule has 0 aliphatic heterocycles. The van der Waals surface area contributed by atoms with E-state index in [-0.39, 0.29) is 11.7 Å². The minimum absolute atomic E-state index is 0.119. The highest BCUT2D eigenvalue weighted by Crippen LogP contribution is 2.20. The third-order valence-electron chi connectivity index (χ3n) is 2.28. The molecule has 0 fully saturated rings. The highest BCUT2D eigenvalue weighted by Gasteiger charge is 2.08. The van der Waals surface area contributed by atoms with E-state index in [1.807, 2.05) is 29.5 Å². The van der Waals surface area contributed by atoms with Gasteiger partial charge in [0.05, 0.1) is 10.1 Å². The number of hydrogen-bond donors (Lipinski definition) is 2. The van der Waals surface area contributed by atoms with Crippen molar-refractivity contribution in [2.45, 2.75) is 13.5 Å². The highest BCUT2D eigenvalue weighted by molar-refractivity contribution is 14.1. The van der Waals surface area contributed by atoms with Crippen LogP contribution < -0.4 is 5.32 Å². The lowest BCUT2D eigenvalue weighted by atomic mass is 10.2. The zero-order valence-electron chi connectivity index (χ0n) is 9.61. The maximum atomic E-state index is 11.8. The number of nitrogens with zero attached hydrogens (tertiary/aromatic N) is 1. The first kappa shape index (κ1) is 13.3. The molecular formula is C12H11IN2O2S. The monoisotopic (exact) mass is 374 g/mol. The minimum Gasteiger partial charge on any atom is -0.507 e. The minimum atomic E-state index is -0.213. The number of halogens is 1. The Labute approximate surface area is 122 Å². The number of amides is 1. The zero-order chi connectivity index (χ0) is 13.1. The van der Waals surface area contributed by atoms with E-state index in [4.69, 9.17) is 0 Å². The number of aryl methyl sites for hydroxylation is 1. The first-order chi connectivity index (χ1) is 8.56. The summed E-state index contributed by atoms with van der Waals surface area (Å²) in [6.45, 7) is 2.38. The van der Waals surface area contributed by atoms with Gasteiger partial charge in [-0.25, -0.2) is 4.98 Å². The largest absolute Gasteiger partial charge is 0.507 e. The van der Waals surface area contributed by atoms with Crippen LogP contribution in [0.1, 0.15) is 20.2 Å². The van der Waals surface area contributed by atoms with Crippen molar-refractivity contribution in [3.8, 4) is 5.75 Å². The molecule has 1 aromatic heterocycles. The second kappa shape index (κ2) is 5.66. The molecule has 2 aromatic rings. The number of rotatable bonds is 3. The number of nitrogens with one attached hydrogen (secondary N) is 1. The van der Waals surface area contributed by atoms with Crippen LogP contribution in [0, 0.1) is 10.5 Å². The fraction of sp³-hybridized carbons (Fsp3) is 0.167. The van der Waals surface area contributed by atoms with Crippen LogP contribution in [-0.4, -0.2) is 16.0 Å². The molecule has 0 aliphatic carbocycles. The normalized spacial score (nSPS) is 10.3. The molecule has 18 heavy (non-hydrogen) atoms. The van der Waals surface area contributed by atoms with Crippen LogP contribution >= 0.6 is 33.9 Å². The summed E-state index contributed by atoms with van der Waals surface area (Å²) in [4.78, 5) is 17.1. The van der Waals surface area contributed by atoms with Crippen molar-refractivity contribution in [1.29, 1.82) is 0 Å². The molecule has 0 radical (unpaired) electrons. The van der Waals surface area contributed by atoms with E-state index in [0.29, 0.717) is 12.1 Å². The van der Waals surface area contributed by atoms with E-state index in [2.05, 4.69) is 10.3 Å². The van der Waals surface area contributed by atoms with Crippen LogP contribution in [0.25, 0.3) is 0 Å². The van der Waals surface area contributed by atoms with Gasteiger partial charge in [0.2, 0.25) is 0 Å². The van der Waals surface area contributed by atoms with Crippen molar-refractivity contribution in [2.24, 2.45) is 0 Å². The van der Waals surface area contributed by atoms with Gasteiger partial charge in [-0.1, -0.05) is 0 Å². The Morgan fingerprint density at radius 2 is 2.33 bits per heavy atom. The zero-order valence-corrected chi connectivity index (χ0v) is 12.6. The van der Waals surface area contributed by atoms with Gasteiger partial charge in [-0.05, 0) is 47.7 Å². The molecule has 4 nitrogen and oxygen atoms in total. The van der Waals surface area contributed by atoms with Crippen LogP contribution in [0.5, 0.6) is 5.75 Å². The van der Waals surface area contributed by atoms with Gasteiger partial charge in [0.25, 0.3) is 5.91 Å². The van der Waals surface area contributed by atoms with Crippen molar-refractivity contribution in [3.63, 3.8) is 0 Å². The Kier molecular flexibility index (Phi) is 4.18. The van der Waals surface area contributed by atoms with Gasteiger partial charge in [0, 0.05) is 16.6 Å². The predicted molar refractivity (Wildman–Crippen MR) is 78.8 cm³/mol. The smallest absolute Gasteiger partial charge is 0.251 e. The lowest BCUT2D eigenvalue weighted by Gasteiger charge is -2.04. The lowest BCUT2D eigenvalue weighted by Crippen LogP contribution is -2.22. The molecule has 0 unspecified atom stereocenters. The molecule has 2 rings (SSSR count). The standard InChI is InChI=1S/C12H11IN2O2S/c1-7-5-14-11(18-7)6-15-12(17)8-2-3-9(13)10(16)4-8/h2-5,16H,6H2,1H3,(H,15,17). The molecule has 1 heterocycles. The lowest BCUT2D eigenvalue weighted by molar-refractivity contribution is 0.0950. The maximum Gasteiger partial charge on any atom is 0.251 e. The molecule has 0 saturated carbocycles. The number of phenols is 1. The number of carbonyl (C=O) groups is 1. The fourth-order valence-electron chi connectivity index (χ4n) is 1.40. The third-order valence-corrected chi connectivity index (χ3v) is 4.10. The molecule has 94 valence electrons. The molecule has 6 heteroatoms. The Morgan fingerprint density at radius 1 is 1.56 bits per heavy atom. The van der Waals surface area contributed by atoms with Crippen LogP contribution in [0.2, 0.25) is 0 Å². The Hall–Kier alpha value is -1.15. The Morgan fingerprint density at radius 3 is 2.94 bits per heavy atom. The average molecular weight is 374 g/mol. The first-order valence-corrected chi connectivity index (χ1v) is 7.14. The average Bonchev–Trinajstić information content (AvgIpc) is 2.75. The van der Waals surface area contributed by atoms with Gasteiger partial charge >= 0.3 is 0 Å². The molecule has 0 atom stereocenters. The van der Waals surface area contributed by atoms with Gasteiger partial charge in [0.15, 0.2) is 0 Å². The Balaban J connectivity index is 2.01. The van der Waals surface area contributed by atoms with Gasteiger partial charge in [-0.2, -0.15) is 0 Å². The Bertz CT molecular complexity index is 583. The van der Waals surface area contributed by atoms with Crippen molar-refractivity contribution >= 4 is 39.8 Å². The number of thiazole rings is 1. The molecule has 0 spiro atoms. The molecule has 2 N–H and O–H groups in total. The second-order valence-electron chi connectivity index (χ2n) is 3.71. The van der Waals surface area contributed by atoms with Crippen LogP contribution in [0.3, 0.4) is 0 Å². The number of carbonyl (C=O) groups excluding carboxylic acids is 1. The van der Waals surface area contributed by atoms with E-state index >= 15 is 0 Å². The third kappa shape index (κ3) is 3.20. The molecule has 0 aliphatic rings. The summed E-state index contributed by atoms with van der Waals surface area (Å²) in [7, 11) is 0. The van der Waals surface area contributed by atoms with Gasteiger partial charge in [-0.15, -0.1) is 11.3 Å². The van der Waals surface area contributed by atoms with E-state index in [0.717, 1.165) is 13.5 Å². The number of aromatic hydroxyl groups is 1. The maximum absolute atomic E-state index is 11.8. The number of hydrogen-bond acceptors (Lipinski definition) is 4.